The van der Waals surface area contributed by atoms with E-state index in [1.807, 2.05) is 0 Å². The number of urea groups is 1. The Bertz CT molecular complexity index is 1570. The van der Waals surface area contributed by atoms with Crippen LogP contribution in [0, 0.1) is 24.4 Å². The van der Waals surface area contributed by atoms with Crippen molar-refractivity contribution in [2.75, 3.05) is 19.0 Å². The monoisotopic (exact) mass is 521 g/mol. The number of ether oxygens (including phenoxy) is 1. The first-order valence-corrected chi connectivity index (χ1v) is 11.2. The summed E-state index contributed by atoms with van der Waals surface area (Å²) >= 11 is 0. The molecule has 3 aromatic carbocycles. The van der Waals surface area contributed by atoms with E-state index in [-0.39, 0.29) is 22.8 Å². The lowest BCUT2D eigenvalue weighted by Gasteiger charge is -2.22. The molecule has 1 aromatic heterocycles. The largest absolute Gasteiger partial charge is 0.440 e. The number of rotatable bonds is 5. The van der Waals surface area contributed by atoms with Crippen molar-refractivity contribution < 1.29 is 27.5 Å². The molecule has 0 radical (unpaired) electrons. The number of carbonyl (C=O) groups is 2. The van der Waals surface area contributed by atoms with E-state index in [2.05, 4.69) is 9.98 Å². The van der Waals surface area contributed by atoms with E-state index in [1.165, 1.54) is 42.7 Å². The topological polar surface area (TPSA) is 101 Å². The summed E-state index contributed by atoms with van der Waals surface area (Å²) in [5.74, 6) is -2.93. The highest BCUT2D eigenvalue weighted by Gasteiger charge is 2.26. The number of nitrogens with two attached hydrogens (primary N) is 1. The summed E-state index contributed by atoms with van der Waals surface area (Å²) in [6, 6.07) is 12.0. The van der Waals surface area contributed by atoms with Gasteiger partial charge in [-0.3, -0.25) is 0 Å². The zero-order valence-electron chi connectivity index (χ0n) is 20.6. The highest BCUT2D eigenvalue weighted by molar-refractivity contribution is 6.03. The third kappa shape index (κ3) is 5.41. The minimum absolute atomic E-state index is 0.0706. The van der Waals surface area contributed by atoms with Gasteiger partial charge in [-0.1, -0.05) is 12.1 Å². The molecular weight excluding hydrogens is 499 g/mol. The molecular formula is C27H22F3N5O3. The molecule has 194 valence electrons. The second-order valence-corrected chi connectivity index (χ2v) is 8.52. The molecule has 0 aliphatic rings. The molecule has 0 saturated heterocycles. The number of nitrogens with zero attached hydrogens (tertiary/aromatic N) is 4. The van der Waals surface area contributed by atoms with E-state index in [0.29, 0.717) is 21.2 Å². The number of amides is 3. The summed E-state index contributed by atoms with van der Waals surface area (Å²) in [5, 5.41) is 0.724. The molecule has 11 heteroatoms. The number of fused-ring (bicyclic) bond motifs is 1. The van der Waals surface area contributed by atoms with E-state index in [4.69, 9.17) is 10.5 Å². The van der Waals surface area contributed by atoms with Gasteiger partial charge in [0.2, 0.25) is 0 Å². The summed E-state index contributed by atoms with van der Waals surface area (Å²) in [7, 11) is 3.35. The molecule has 1 heterocycles. The van der Waals surface area contributed by atoms with Crippen LogP contribution < -0.4 is 15.4 Å². The zero-order valence-corrected chi connectivity index (χ0v) is 20.6. The van der Waals surface area contributed by atoms with Crippen molar-refractivity contribution in [3.8, 4) is 17.0 Å². The smallest absolute Gasteiger partial charge is 0.409 e. The van der Waals surface area contributed by atoms with Gasteiger partial charge in [-0.05, 0) is 66.4 Å². The second kappa shape index (κ2) is 10.6. The molecule has 0 saturated carbocycles. The molecule has 38 heavy (non-hydrogen) atoms. The summed E-state index contributed by atoms with van der Waals surface area (Å²) < 4.78 is 49.7. The number of carbonyl (C=O) groups excluding carboxylic acids is 2. The van der Waals surface area contributed by atoms with Crippen LogP contribution in [0.4, 0.5) is 34.3 Å². The van der Waals surface area contributed by atoms with Gasteiger partial charge >= 0.3 is 12.1 Å². The number of para-hydroxylation sites is 1. The van der Waals surface area contributed by atoms with Crippen LogP contribution in [0.5, 0.6) is 5.75 Å². The number of aromatic nitrogens is 1. The number of aryl methyl sites for hydroxylation is 1. The molecule has 0 unspecified atom stereocenters. The third-order valence-electron chi connectivity index (χ3n) is 5.38. The van der Waals surface area contributed by atoms with Gasteiger partial charge in [0.25, 0.3) is 0 Å². The van der Waals surface area contributed by atoms with Crippen molar-refractivity contribution in [1.29, 1.82) is 0 Å². The predicted molar refractivity (Wildman–Crippen MR) is 138 cm³/mol. The van der Waals surface area contributed by atoms with Crippen LogP contribution in [-0.2, 0) is 0 Å². The van der Waals surface area contributed by atoms with Crippen LogP contribution in [0.15, 0.2) is 65.7 Å². The van der Waals surface area contributed by atoms with Gasteiger partial charge in [-0.25, -0.2) is 32.6 Å². The average Bonchev–Trinajstić information content (AvgIpc) is 2.84. The standard InChI is InChI=1S/C27H22F3N5O3/c1-15-7-9-19(22(30)11-15)24-18-10-8-17(38-27(37)32-14-34(2)3)12-16(18)13-23(33-24)35(26(31)36)25-20(28)5-4-6-21(25)29/h4-14H,1-3H3,(H2,31,36)/b32-14+. The highest BCUT2D eigenvalue weighted by Crippen LogP contribution is 2.37. The van der Waals surface area contributed by atoms with Crippen LogP contribution in [0.3, 0.4) is 0 Å². The fourth-order valence-corrected chi connectivity index (χ4v) is 3.75. The average molecular weight is 521 g/mol. The van der Waals surface area contributed by atoms with Crippen molar-refractivity contribution in [1.82, 2.24) is 9.88 Å². The van der Waals surface area contributed by atoms with E-state index < -0.39 is 35.3 Å². The van der Waals surface area contributed by atoms with Crippen LogP contribution in [0.25, 0.3) is 22.0 Å². The Morgan fingerprint density at radius 1 is 0.974 bits per heavy atom. The maximum absolute atomic E-state index is 15.1. The summed E-state index contributed by atoms with van der Waals surface area (Å²) in [5.41, 5.74) is 5.58. The predicted octanol–water partition coefficient (Wildman–Crippen LogP) is 5.93. The zero-order chi connectivity index (χ0) is 27.6. The van der Waals surface area contributed by atoms with Gasteiger partial charge in [0.05, 0.1) is 12.0 Å². The molecule has 3 amide bonds. The Balaban J connectivity index is 1.95. The maximum Gasteiger partial charge on any atom is 0.440 e. The molecule has 0 fully saturated rings. The molecule has 8 nitrogen and oxygen atoms in total. The Hall–Kier alpha value is -4.93. The van der Waals surface area contributed by atoms with Gasteiger partial charge < -0.3 is 15.4 Å². The van der Waals surface area contributed by atoms with E-state index >= 15 is 4.39 Å². The number of primary amides is 1. The summed E-state index contributed by atoms with van der Waals surface area (Å²) in [6.45, 7) is 1.71. The molecule has 0 atom stereocenters. The Morgan fingerprint density at radius 3 is 2.32 bits per heavy atom. The number of benzene rings is 3. The normalized spacial score (nSPS) is 11.1. The van der Waals surface area contributed by atoms with Gasteiger partial charge in [-0.2, -0.15) is 4.99 Å². The number of aliphatic imine (C=N–C) groups is 1. The van der Waals surface area contributed by atoms with Crippen molar-refractivity contribution in [2.45, 2.75) is 6.92 Å². The van der Waals surface area contributed by atoms with E-state index in [9.17, 15) is 18.4 Å². The van der Waals surface area contributed by atoms with E-state index in [0.717, 1.165) is 18.2 Å². The lowest BCUT2D eigenvalue weighted by Crippen LogP contribution is -2.33. The Morgan fingerprint density at radius 2 is 1.68 bits per heavy atom. The lowest BCUT2D eigenvalue weighted by molar-refractivity contribution is 0.211. The Labute approximate surface area is 215 Å². The molecule has 0 aliphatic carbocycles. The van der Waals surface area contributed by atoms with Gasteiger partial charge in [0.1, 0.15) is 34.7 Å². The first-order valence-electron chi connectivity index (χ1n) is 11.2. The maximum atomic E-state index is 15.1. The second-order valence-electron chi connectivity index (χ2n) is 8.52. The van der Waals surface area contributed by atoms with E-state index in [1.54, 1.807) is 32.0 Å². The number of pyridine rings is 1. The SMILES string of the molecule is Cc1ccc(-c2nc(N(C(N)=O)c3c(F)cccc3F)cc3cc(OC(=O)/N=C/N(C)C)ccc23)c(F)c1. The molecule has 2 N–H and O–H groups in total. The summed E-state index contributed by atoms with van der Waals surface area (Å²) in [6.07, 6.45) is 0.363. The third-order valence-corrected chi connectivity index (χ3v) is 5.38. The molecule has 0 aliphatic heterocycles. The quantitative estimate of drug-likeness (QED) is 0.259. The number of anilines is 2. The van der Waals surface area contributed by atoms with Gasteiger partial charge in [0, 0.05) is 25.0 Å². The summed E-state index contributed by atoms with van der Waals surface area (Å²) in [4.78, 5) is 34.7. The van der Waals surface area contributed by atoms with Crippen molar-refractivity contribution >= 4 is 40.7 Å². The molecule has 0 bridgehead atoms. The molecule has 4 rings (SSSR count). The highest BCUT2D eigenvalue weighted by atomic mass is 19.1. The lowest BCUT2D eigenvalue weighted by atomic mass is 10.0. The van der Waals surface area contributed by atoms with Crippen LogP contribution in [-0.4, -0.2) is 42.4 Å². The number of hydrogen-bond acceptors (Lipinski definition) is 4. The first kappa shape index (κ1) is 26.1. The van der Waals surface area contributed by atoms with Crippen molar-refractivity contribution in [3.05, 3.63) is 83.7 Å². The van der Waals surface area contributed by atoms with Crippen LogP contribution in [0.2, 0.25) is 0 Å². The van der Waals surface area contributed by atoms with Gasteiger partial charge in [0.15, 0.2) is 0 Å². The van der Waals surface area contributed by atoms with Crippen LogP contribution >= 0.6 is 0 Å². The molecule has 4 aromatic rings. The Kier molecular flexibility index (Phi) is 7.28. The first-order chi connectivity index (χ1) is 18.0. The fourth-order valence-electron chi connectivity index (χ4n) is 3.75. The molecule has 0 spiro atoms. The van der Waals surface area contributed by atoms with Crippen LogP contribution in [0.1, 0.15) is 5.56 Å². The van der Waals surface area contributed by atoms with Crippen molar-refractivity contribution in [3.63, 3.8) is 0 Å². The fraction of sp³-hybridized carbons (Fsp3) is 0.111. The number of halogens is 3. The number of hydrogen-bond donors (Lipinski definition) is 1. The van der Waals surface area contributed by atoms with Crippen molar-refractivity contribution in [2.24, 2.45) is 10.7 Å². The van der Waals surface area contributed by atoms with Gasteiger partial charge in [-0.15, -0.1) is 0 Å². The minimum Gasteiger partial charge on any atom is -0.409 e. The minimum atomic E-state index is -1.23.